The van der Waals surface area contributed by atoms with Crippen molar-refractivity contribution in [3.8, 4) is 0 Å². The molecule has 0 nitrogen and oxygen atoms in total. The number of halogens is 8. The molecular weight excluding hydrogens is 508 g/mol. The SMILES string of the molecule is Cl.Cl.FC(F)(F)C1=[C-]CC=C1.FC(F)(F)C1=[C-]CC=C1.[Hf]. The number of alkyl halides is 6. The molecule has 0 saturated carbocycles. The summed E-state index contributed by atoms with van der Waals surface area (Å²) in [5, 5.41) is 0. The van der Waals surface area contributed by atoms with Crippen LogP contribution in [0, 0.1) is 12.2 Å². The summed E-state index contributed by atoms with van der Waals surface area (Å²) in [5.74, 6) is 0. The van der Waals surface area contributed by atoms with Gasteiger partial charge in [0, 0.05) is 25.8 Å². The van der Waals surface area contributed by atoms with Gasteiger partial charge in [0.25, 0.3) is 0 Å². The fraction of sp³-hybridized carbons (Fsp3) is 0.333. The van der Waals surface area contributed by atoms with Crippen molar-refractivity contribution in [2.45, 2.75) is 25.2 Å². The van der Waals surface area contributed by atoms with Crippen molar-refractivity contribution in [2.24, 2.45) is 0 Å². The van der Waals surface area contributed by atoms with Gasteiger partial charge in [0.15, 0.2) is 0 Å². The first-order valence-corrected chi connectivity index (χ1v) is 4.90. The molecule has 2 rings (SSSR count). The van der Waals surface area contributed by atoms with Gasteiger partial charge in [-0.25, -0.2) is 12.2 Å². The Morgan fingerprint density at radius 1 is 0.714 bits per heavy atom. The van der Waals surface area contributed by atoms with Crippen molar-refractivity contribution >= 4 is 24.8 Å². The second-order valence-electron chi connectivity index (χ2n) is 3.39. The molecule has 0 spiro atoms. The van der Waals surface area contributed by atoms with E-state index < -0.39 is 23.5 Å². The van der Waals surface area contributed by atoms with Crippen LogP contribution in [0.4, 0.5) is 26.3 Å². The van der Waals surface area contributed by atoms with Crippen molar-refractivity contribution in [1.29, 1.82) is 0 Å². The van der Waals surface area contributed by atoms with E-state index in [0.29, 0.717) is 0 Å². The summed E-state index contributed by atoms with van der Waals surface area (Å²) >= 11 is 0. The van der Waals surface area contributed by atoms with E-state index >= 15 is 0 Å². The normalized spacial score (nSPS) is 15.7. The summed E-state index contributed by atoms with van der Waals surface area (Å²) < 4.78 is 69.7. The van der Waals surface area contributed by atoms with Crippen LogP contribution in [0.3, 0.4) is 0 Å². The molecule has 0 atom stereocenters. The van der Waals surface area contributed by atoms with Crippen molar-refractivity contribution in [3.05, 3.63) is 47.6 Å². The predicted molar refractivity (Wildman–Crippen MR) is 67.6 cm³/mol. The Bertz CT molecular complexity index is 378. The van der Waals surface area contributed by atoms with E-state index in [1.54, 1.807) is 0 Å². The fourth-order valence-electron chi connectivity index (χ4n) is 1.20. The molecule has 120 valence electrons. The van der Waals surface area contributed by atoms with Crippen LogP contribution in [0.5, 0.6) is 0 Å². The van der Waals surface area contributed by atoms with Crippen molar-refractivity contribution in [3.63, 3.8) is 0 Å². The van der Waals surface area contributed by atoms with Gasteiger partial charge in [0.1, 0.15) is 0 Å². The Morgan fingerprint density at radius 3 is 1.10 bits per heavy atom. The summed E-state index contributed by atoms with van der Waals surface area (Å²) in [6.07, 6.45) is 1.47. The smallest absolute Gasteiger partial charge is 0.261 e. The molecule has 0 aromatic carbocycles. The second-order valence-corrected chi connectivity index (χ2v) is 3.39. The Hall–Kier alpha value is -0.00987. The molecule has 0 saturated heterocycles. The largest absolute Gasteiger partial charge is 0.384 e. The minimum Gasteiger partial charge on any atom is -0.261 e. The first-order chi connectivity index (χ1) is 8.21. The van der Waals surface area contributed by atoms with Crippen LogP contribution in [-0.2, 0) is 25.8 Å². The minimum absolute atomic E-state index is 0. The first kappa shape index (κ1) is 25.9. The quantitative estimate of drug-likeness (QED) is 0.232. The molecule has 0 bridgehead atoms. The molecule has 0 fully saturated rings. The molecule has 0 aliphatic heterocycles. The van der Waals surface area contributed by atoms with Gasteiger partial charge in [-0.1, -0.05) is 0 Å². The average Bonchev–Trinajstić information content (AvgIpc) is 2.91. The second kappa shape index (κ2) is 10.7. The van der Waals surface area contributed by atoms with E-state index in [2.05, 4.69) is 12.2 Å². The van der Waals surface area contributed by atoms with Crippen LogP contribution in [0.1, 0.15) is 12.8 Å². The van der Waals surface area contributed by atoms with Crippen LogP contribution >= 0.6 is 24.8 Å². The van der Waals surface area contributed by atoms with Gasteiger partial charge in [-0.15, -0.1) is 48.8 Å². The van der Waals surface area contributed by atoms with Crippen LogP contribution < -0.4 is 0 Å². The molecule has 2 aliphatic carbocycles. The maximum Gasteiger partial charge on any atom is 0.384 e. The van der Waals surface area contributed by atoms with E-state index in [0.717, 1.165) is 12.2 Å². The zero-order chi connectivity index (χ0) is 13.8. The summed E-state index contributed by atoms with van der Waals surface area (Å²) in [4.78, 5) is 0. The molecule has 0 aromatic heterocycles. The van der Waals surface area contributed by atoms with Gasteiger partial charge in [-0.2, -0.15) is 38.5 Å². The maximum atomic E-state index is 11.6. The van der Waals surface area contributed by atoms with E-state index in [-0.39, 0.29) is 63.5 Å². The summed E-state index contributed by atoms with van der Waals surface area (Å²) in [6.45, 7) is 0. The zero-order valence-electron chi connectivity index (χ0n) is 10.3. The van der Waals surface area contributed by atoms with Crippen LogP contribution in [-0.4, -0.2) is 12.4 Å². The van der Waals surface area contributed by atoms with Crippen molar-refractivity contribution < 1.29 is 52.2 Å². The third kappa shape index (κ3) is 9.58. The van der Waals surface area contributed by atoms with E-state index in [1.807, 2.05) is 0 Å². The van der Waals surface area contributed by atoms with Gasteiger partial charge >= 0.3 is 12.4 Å². The van der Waals surface area contributed by atoms with Gasteiger partial charge in [0.05, 0.1) is 0 Å². The molecule has 0 heterocycles. The Labute approximate surface area is 149 Å². The number of rotatable bonds is 0. The number of hydrogen-bond acceptors (Lipinski definition) is 0. The van der Waals surface area contributed by atoms with Crippen LogP contribution in [0.2, 0.25) is 0 Å². The molecule has 9 heteroatoms. The molecular formula is C12H10Cl2F6Hf-2. The minimum atomic E-state index is -4.20. The van der Waals surface area contributed by atoms with Crippen LogP contribution in [0.15, 0.2) is 35.5 Å². The van der Waals surface area contributed by atoms with E-state index in [4.69, 9.17) is 0 Å². The standard InChI is InChI=1S/2C6H4F3.2ClH.Hf/c2*7-6(8,9)5-3-1-2-4-5;;;/h2*1,3H,2H2;2*1H;/q2*-1;;;. The van der Waals surface area contributed by atoms with Crippen molar-refractivity contribution in [2.75, 3.05) is 0 Å². The molecule has 21 heavy (non-hydrogen) atoms. The van der Waals surface area contributed by atoms with E-state index in [1.165, 1.54) is 12.2 Å². The molecule has 0 N–H and O–H groups in total. The topological polar surface area (TPSA) is 0 Å². The molecule has 0 radical (unpaired) electrons. The number of allylic oxidation sites excluding steroid dienone is 8. The average molecular weight is 518 g/mol. The summed E-state index contributed by atoms with van der Waals surface area (Å²) in [6, 6.07) is 0. The maximum absolute atomic E-state index is 11.6. The monoisotopic (exact) mass is 518 g/mol. The summed E-state index contributed by atoms with van der Waals surface area (Å²) in [7, 11) is 0. The number of hydrogen-bond donors (Lipinski definition) is 0. The fourth-order valence-corrected chi connectivity index (χ4v) is 1.20. The van der Waals surface area contributed by atoms with E-state index in [9.17, 15) is 26.3 Å². The first-order valence-electron chi connectivity index (χ1n) is 4.90. The van der Waals surface area contributed by atoms with Gasteiger partial charge in [-0.05, 0) is 0 Å². The van der Waals surface area contributed by atoms with Crippen molar-refractivity contribution in [1.82, 2.24) is 0 Å². The zero-order valence-corrected chi connectivity index (χ0v) is 15.5. The Kier molecular flexibility index (Phi) is 13.2. The third-order valence-corrected chi connectivity index (χ3v) is 2.00. The van der Waals surface area contributed by atoms with Gasteiger partial charge < -0.3 is 0 Å². The van der Waals surface area contributed by atoms with Crippen LogP contribution in [0.25, 0.3) is 0 Å². The molecule has 0 amide bonds. The molecule has 2 aliphatic rings. The van der Waals surface area contributed by atoms with Gasteiger partial charge in [0.2, 0.25) is 0 Å². The summed E-state index contributed by atoms with van der Waals surface area (Å²) in [5.41, 5.74) is -1.30. The Balaban J connectivity index is -0.000000270. The van der Waals surface area contributed by atoms with Gasteiger partial charge in [-0.3, -0.25) is 12.2 Å². The predicted octanol–water partition coefficient (Wildman–Crippen LogP) is 5.32. The Morgan fingerprint density at radius 2 is 1.00 bits per heavy atom. The molecule has 0 aromatic rings. The molecule has 0 unspecified atom stereocenters. The third-order valence-electron chi connectivity index (χ3n) is 2.00.